The van der Waals surface area contributed by atoms with E-state index in [1.165, 1.54) is 0 Å². The van der Waals surface area contributed by atoms with Gasteiger partial charge < -0.3 is 20.5 Å². The molecular weight excluding hydrogens is 365 g/mol. The summed E-state index contributed by atoms with van der Waals surface area (Å²) in [6.07, 6.45) is 1.94. The van der Waals surface area contributed by atoms with Crippen molar-refractivity contribution in [3.8, 4) is 0 Å². The Morgan fingerprint density at radius 1 is 1.40 bits per heavy atom. The first-order valence-corrected chi connectivity index (χ1v) is 8.29. The molecule has 142 valence electrons. The number of likely N-dealkylation sites (tertiary alicyclic amines) is 1. The van der Waals surface area contributed by atoms with Gasteiger partial charge in [-0.25, -0.2) is 4.98 Å². The van der Waals surface area contributed by atoms with Crippen LogP contribution in [0.25, 0.3) is 0 Å². The number of aromatic nitrogens is 1. The molecule has 2 aliphatic rings. The quantitative estimate of drug-likeness (QED) is 0.812. The fourth-order valence-corrected chi connectivity index (χ4v) is 3.78. The molecule has 2 atom stereocenters. The molecule has 3 rings (SSSR count). The van der Waals surface area contributed by atoms with Gasteiger partial charge in [0.2, 0.25) is 0 Å². The van der Waals surface area contributed by atoms with Crippen LogP contribution in [0.2, 0.25) is 0 Å². The Hall–Kier alpha value is -0.920. The van der Waals surface area contributed by atoms with E-state index in [0.29, 0.717) is 38.4 Å². The standard InChI is InChI=1S/C17H25N3O3.2ClH/c1-12-3-2-4-13(19-12)16(22)20-8-5-17(6-9-20)14(21)11-15(17)23-10-7-18;;/h2-4,14-15,21H,5-11,18H2,1H3;2*1H/t14-,15+;;/m1../s1. The van der Waals surface area contributed by atoms with E-state index >= 15 is 0 Å². The van der Waals surface area contributed by atoms with Crippen molar-refractivity contribution in [2.75, 3.05) is 26.2 Å². The summed E-state index contributed by atoms with van der Waals surface area (Å²) in [6, 6.07) is 5.49. The number of hydrogen-bond donors (Lipinski definition) is 2. The van der Waals surface area contributed by atoms with Crippen LogP contribution in [0.4, 0.5) is 0 Å². The highest BCUT2D eigenvalue weighted by molar-refractivity contribution is 5.92. The lowest BCUT2D eigenvalue weighted by Gasteiger charge is -2.56. The van der Waals surface area contributed by atoms with E-state index in [1.807, 2.05) is 24.0 Å². The summed E-state index contributed by atoms with van der Waals surface area (Å²) in [5, 5.41) is 10.2. The smallest absolute Gasteiger partial charge is 0.272 e. The summed E-state index contributed by atoms with van der Waals surface area (Å²) >= 11 is 0. The molecule has 0 radical (unpaired) electrons. The van der Waals surface area contributed by atoms with Gasteiger partial charge in [0.1, 0.15) is 5.69 Å². The zero-order valence-electron chi connectivity index (χ0n) is 14.4. The van der Waals surface area contributed by atoms with Crippen LogP contribution in [-0.2, 0) is 4.74 Å². The van der Waals surface area contributed by atoms with Crippen LogP contribution in [0.15, 0.2) is 18.2 Å². The topological polar surface area (TPSA) is 88.7 Å². The van der Waals surface area contributed by atoms with Crippen molar-refractivity contribution in [3.63, 3.8) is 0 Å². The molecule has 1 aliphatic carbocycles. The number of aliphatic hydroxyl groups excluding tert-OH is 1. The van der Waals surface area contributed by atoms with Crippen LogP contribution >= 0.6 is 24.8 Å². The van der Waals surface area contributed by atoms with E-state index in [0.717, 1.165) is 18.5 Å². The average Bonchev–Trinajstić information content (AvgIpc) is 2.58. The number of rotatable bonds is 4. The number of aryl methyl sites for hydroxylation is 1. The third-order valence-electron chi connectivity index (χ3n) is 5.27. The summed E-state index contributed by atoms with van der Waals surface area (Å²) in [4.78, 5) is 18.7. The van der Waals surface area contributed by atoms with Crippen LogP contribution in [0.3, 0.4) is 0 Å². The number of ether oxygens (including phenoxy) is 1. The summed E-state index contributed by atoms with van der Waals surface area (Å²) in [5.74, 6) is -0.0308. The maximum absolute atomic E-state index is 12.6. The van der Waals surface area contributed by atoms with Crippen LogP contribution < -0.4 is 5.73 Å². The molecule has 1 aromatic rings. The molecule has 1 saturated carbocycles. The maximum atomic E-state index is 12.6. The first-order chi connectivity index (χ1) is 11.1. The van der Waals surface area contributed by atoms with Gasteiger partial charge in [-0.2, -0.15) is 0 Å². The predicted octanol–water partition coefficient (Wildman–Crippen LogP) is 1.56. The molecule has 25 heavy (non-hydrogen) atoms. The first kappa shape index (κ1) is 22.1. The Kier molecular flexibility index (Phi) is 8.09. The average molecular weight is 392 g/mol. The molecule has 2 fully saturated rings. The molecule has 1 spiro atoms. The zero-order chi connectivity index (χ0) is 16.4. The monoisotopic (exact) mass is 391 g/mol. The Morgan fingerprint density at radius 3 is 2.64 bits per heavy atom. The molecule has 0 unspecified atom stereocenters. The molecule has 0 bridgehead atoms. The molecule has 2 heterocycles. The van der Waals surface area contributed by atoms with E-state index in [-0.39, 0.29) is 48.3 Å². The lowest BCUT2D eigenvalue weighted by atomic mass is 9.58. The number of halogens is 2. The van der Waals surface area contributed by atoms with Crippen LogP contribution in [0, 0.1) is 12.3 Å². The van der Waals surface area contributed by atoms with Gasteiger partial charge in [0.15, 0.2) is 0 Å². The van der Waals surface area contributed by atoms with Crippen molar-refractivity contribution in [2.45, 2.75) is 38.4 Å². The highest BCUT2D eigenvalue weighted by atomic mass is 35.5. The fraction of sp³-hybridized carbons (Fsp3) is 0.647. The minimum Gasteiger partial charge on any atom is -0.392 e. The van der Waals surface area contributed by atoms with Gasteiger partial charge in [-0.05, 0) is 31.9 Å². The lowest BCUT2D eigenvalue weighted by molar-refractivity contribution is -0.208. The minimum atomic E-state index is -0.334. The summed E-state index contributed by atoms with van der Waals surface area (Å²) in [6.45, 7) is 4.16. The largest absolute Gasteiger partial charge is 0.392 e. The van der Waals surface area contributed by atoms with Crippen LogP contribution in [0.1, 0.15) is 35.4 Å². The predicted molar refractivity (Wildman–Crippen MR) is 100 cm³/mol. The number of carbonyl (C=O) groups is 1. The van der Waals surface area contributed by atoms with Gasteiger partial charge in [-0.1, -0.05) is 6.07 Å². The first-order valence-electron chi connectivity index (χ1n) is 8.29. The third kappa shape index (κ3) is 4.26. The highest BCUT2D eigenvalue weighted by Gasteiger charge is 2.56. The second kappa shape index (κ2) is 9.14. The van der Waals surface area contributed by atoms with Crippen molar-refractivity contribution in [1.82, 2.24) is 9.88 Å². The van der Waals surface area contributed by atoms with Gasteiger partial charge in [-0.3, -0.25) is 4.79 Å². The van der Waals surface area contributed by atoms with E-state index < -0.39 is 0 Å². The number of carbonyl (C=O) groups excluding carboxylic acids is 1. The van der Waals surface area contributed by atoms with Crippen LogP contribution in [-0.4, -0.2) is 59.3 Å². The number of amides is 1. The Balaban J connectivity index is 0.00000156. The fourth-order valence-electron chi connectivity index (χ4n) is 3.78. The summed E-state index contributed by atoms with van der Waals surface area (Å²) < 4.78 is 5.79. The molecule has 1 amide bonds. The van der Waals surface area contributed by atoms with Crippen molar-refractivity contribution in [2.24, 2.45) is 11.1 Å². The Labute approximate surface area is 160 Å². The number of hydrogen-bond acceptors (Lipinski definition) is 5. The van der Waals surface area contributed by atoms with Crippen LogP contribution in [0.5, 0.6) is 0 Å². The number of nitrogens with two attached hydrogens (primary N) is 1. The molecule has 1 aliphatic heterocycles. The van der Waals surface area contributed by atoms with Crippen molar-refractivity contribution in [3.05, 3.63) is 29.6 Å². The number of piperidine rings is 1. The summed E-state index contributed by atoms with van der Waals surface area (Å²) in [5.41, 5.74) is 6.63. The molecule has 6 nitrogen and oxygen atoms in total. The minimum absolute atomic E-state index is 0. The van der Waals surface area contributed by atoms with Gasteiger partial charge in [0.25, 0.3) is 5.91 Å². The maximum Gasteiger partial charge on any atom is 0.272 e. The number of pyridine rings is 1. The Bertz CT molecular complexity index is 580. The van der Waals surface area contributed by atoms with Crippen molar-refractivity contribution < 1.29 is 14.6 Å². The van der Waals surface area contributed by atoms with Gasteiger partial charge in [0.05, 0.1) is 18.8 Å². The molecular formula is C17H27Cl2N3O3. The SMILES string of the molecule is Cc1cccc(C(=O)N2CCC3(CC2)[C@H](O)C[C@@H]3OCCN)n1.Cl.Cl. The van der Waals surface area contributed by atoms with E-state index in [4.69, 9.17) is 10.5 Å². The molecule has 3 N–H and O–H groups in total. The molecule has 1 saturated heterocycles. The lowest BCUT2D eigenvalue weighted by Crippen LogP contribution is -2.63. The number of aliphatic hydroxyl groups is 1. The normalized spacial score (nSPS) is 24.0. The van der Waals surface area contributed by atoms with E-state index in [2.05, 4.69) is 4.98 Å². The summed E-state index contributed by atoms with van der Waals surface area (Å²) in [7, 11) is 0. The number of nitrogens with zero attached hydrogens (tertiary/aromatic N) is 2. The van der Waals surface area contributed by atoms with Gasteiger partial charge >= 0.3 is 0 Å². The molecule has 0 aromatic carbocycles. The second-order valence-corrected chi connectivity index (χ2v) is 6.59. The second-order valence-electron chi connectivity index (χ2n) is 6.59. The zero-order valence-corrected chi connectivity index (χ0v) is 16.0. The third-order valence-corrected chi connectivity index (χ3v) is 5.27. The molecule has 8 heteroatoms. The van der Waals surface area contributed by atoms with E-state index in [1.54, 1.807) is 6.07 Å². The van der Waals surface area contributed by atoms with Crippen molar-refractivity contribution in [1.29, 1.82) is 0 Å². The van der Waals surface area contributed by atoms with Gasteiger partial charge in [0, 0.05) is 37.2 Å². The van der Waals surface area contributed by atoms with E-state index in [9.17, 15) is 9.90 Å². The highest BCUT2D eigenvalue weighted by Crippen LogP contribution is 2.51. The van der Waals surface area contributed by atoms with Crippen molar-refractivity contribution >= 4 is 30.7 Å². The molecule has 1 aromatic heterocycles. The Morgan fingerprint density at radius 2 is 2.08 bits per heavy atom. The van der Waals surface area contributed by atoms with Gasteiger partial charge in [-0.15, -0.1) is 24.8 Å².